The lowest BCUT2D eigenvalue weighted by atomic mass is 10.1. The first kappa shape index (κ1) is 22.1. The van der Waals surface area contributed by atoms with E-state index in [0.29, 0.717) is 35.1 Å². The molecule has 0 saturated carbocycles. The van der Waals surface area contributed by atoms with Gasteiger partial charge >= 0.3 is 0 Å². The average Bonchev–Trinajstić information content (AvgIpc) is 3.22. The van der Waals surface area contributed by atoms with E-state index >= 15 is 0 Å². The first-order chi connectivity index (χ1) is 14.5. The highest BCUT2D eigenvalue weighted by molar-refractivity contribution is 9.10. The van der Waals surface area contributed by atoms with E-state index in [1.165, 1.54) is 0 Å². The fourth-order valence-corrected chi connectivity index (χ4v) is 4.10. The zero-order chi connectivity index (χ0) is 21.5. The highest BCUT2D eigenvalue weighted by Crippen LogP contribution is 2.27. The van der Waals surface area contributed by atoms with Gasteiger partial charge in [-0.25, -0.2) is 0 Å². The summed E-state index contributed by atoms with van der Waals surface area (Å²) in [6, 6.07) is 16.2. The SMILES string of the molecule is COc1ccc(CCNC(=O)c2ccc(C[S@@](=O)c3ccc(Br)cc3)o2)cc1OC. The number of rotatable bonds is 9. The largest absolute Gasteiger partial charge is 0.493 e. The minimum atomic E-state index is -1.25. The van der Waals surface area contributed by atoms with Gasteiger partial charge in [0.2, 0.25) is 0 Å². The second-order valence-corrected chi connectivity index (χ2v) is 8.77. The lowest BCUT2D eigenvalue weighted by molar-refractivity contribution is 0.0925. The number of furan rings is 1. The Morgan fingerprint density at radius 3 is 2.47 bits per heavy atom. The molecule has 1 N–H and O–H groups in total. The number of methoxy groups -OCH3 is 2. The lowest BCUT2D eigenvalue weighted by Crippen LogP contribution is -2.25. The topological polar surface area (TPSA) is 77.8 Å². The van der Waals surface area contributed by atoms with Crippen molar-refractivity contribution in [1.29, 1.82) is 0 Å². The van der Waals surface area contributed by atoms with Gasteiger partial charge in [-0.15, -0.1) is 0 Å². The molecule has 0 unspecified atom stereocenters. The van der Waals surface area contributed by atoms with Gasteiger partial charge in [0, 0.05) is 15.9 Å². The molecular formula is C22H22BrNO5S. The number of hydrogen-bond acceptors (Lipinski definition) is 5. The molecule has 6 nitrogen and oxygen atoms in total. The van der Waals surface area contributed by atoms with E-state index in [-0.39, 0.29) is 17.4 Å². The Hall–Kier alpha value is -2.58. The van der Waals surface area contributed by atoms with Gasteiger partial charge in [-0.2, -0.15) is 0 Å². The fourth-order valence-electron chi connectivity index (χ4n) is 2.82. The van der Waals surface area contributed by atoms with Crippen LogP contribution in [0.3, 0.4) is 0 Å². The molecule has 0 aliphatic carbocycles. The first-order valence-corrected chi connectivity index (χ1v) is 11.3. The Labute approximate surface area is 186 Å². The number of nitrogens with one attached hydrogen (secondary N) is 1. The van der Waals surface area contributed by atoms with Gasteiger partial charge < -0.3 is 19.2 Å². The predicted octanol–water partition coefficient (Wildman–Crippen LogP) is 4.34. The van der Waals surface area contributed by atoms with Gasteiger partial charge in [-0.1, -0.05) is 22.0 Å². The minimum absolute atomic E-state index is 0.199. The molecule has 158 valence electrons. The number of halogens is 1. The van der Waals surface area contributed by atoms with Crippen LogP contribution >= 0.6 is 15.9 Å². The summed E-state index contributed by atoms with van der Waals surface area (Å²) in [7, 11) is 1.92. The quantitative estimate of drug-likeness (QED) is 0.481. The molecule has 8 heteroatoms. The molecule has 1 aromatic heterocycles. The van der Waals surface area contributed by atoms with Crippen molar-refractivity contribution in [3.05, 3.63) is 76.2 Å². The van der Waals surface area contributed by atoms with E-state index in [4.69, 9.17) is 13.9 Å². The first-order valence-electron chi connectivity index (χ1n) is 9.22. The maximum absolute atomic E-state index is 12.4. The Bertz CT molecular complexity index is 1030. The summed E-state index contributed by atoms with van der Waals surface area (Å²) in [6.45, 7) is 0.440. The number of ether oxygens (including phenoxy) is 2. The smallest absolute Gasteiger partial charge is 0.287 e. The van der Waals surface area contributed by atoms with Gasteiger partial charge in [-0.3, -0.25) is 9.00 Å². The third kappa shape index (κ3) is 5.73. The highest BCUT2D eigenvalue weighted by atomic mass is 79.9. The molecule has 0 spiro atoms. The normalized spacial score (nSPS) is 11.7. The molecule has 1 amide bonds. The van der Waals surface area contributed by atoms with Crippen LogP contribution in [0.15, 0.2) is 68.4 Å². The molecule has 0 fully saturated rings. The van der Waals surface area contributed by atoms with Crippen molar-refractivity contribution in [3.8, 4) is 11.5 Å². The second-order valence-electron chi connectivity index (χ2n) is 6.40. The van der Waals surface area contributed by atoms with E-state index in [1.54, 1.807) is 38.5 Å². The molecule has 1 atom stereocenters. The lowest BCUT2D eigenvalue weighted by Gasteiger charge is -2.09. The van der Waals surface area contributed by atoms with Crippen LogP contribution in [0.25, 0.3) is 0 Å². The Balaban J connectivity index is 1.52. The maximum atomic E-state index is 12.4. The number of hydrogen-bond donors (Lipinski definition) is 1. The van der Waals surface area contributed by atoms with E-state index < -0.39 is 10.8 Å². The number of benzene rings is 2. The molecule has 3 rings (SSSR count). The van der Waals surface area contributed by atoms with Gasteiger partial charge in [0.05, 0.1) is 30.8 Å². The number of amides is 1. The molecule has 3 aromatic rings. The zero-order valence-corrected chi connectivity index (χ0v) is 19.0. The van der Waals surface area contributed by atoms with Crippen LogP contribution in [0.1, 0.15) is 21.9 Å². The van der Waals surface area contributed by atoms with Crippen molar-refractivity contribution in [2.75, 3.05) is 20.8 Å². The molecule has 0 bridgehead atoms. The van der Waals surface area contributed by atoms with Crippen molar-refractivity contribution in [2.24, 2.45) is 0 Å². The van der Waals surface area contributed by atoms with Crippen molar-refractivity contribution in [3.63, 3.8) is 0 Å². The molecule has 1 heterocycles. The molecule has 0 aliphatic heterocycles. The fraction of sp³-hybridized carbons (Fsp3) is 0.227. The summed E-state index contributed by atoms with van der Waals surface area (Å²) in [5.41, 5.74) is 1.01. The average molecular weight is 492 g/mol. The molecular weight excluding hydrogens is 470 g/mol. The van der Waals surface area contributed by atoms with Gasteiger partial charge in [0.25, 0.3) is 5.91 Å². The molecule has 0 aliphatic rings. The van der Waals surface area contributed by atoms with E-state index in [1.807, 2.05) is 30.3 Å². The molecule has 2 aromatic carbocycles. The second kappa shape index (κ2) is 10.4. The van der Waals surface area contributed by atoms with E-state index in [9.17, 15) is 9.00 Å². The third-order valence-corrected chi connectivity index (χ3v) is 6.26. The summed E-state index contributed by atoms with van der Waals surface area (Å²) >= 11 is 3.36. The Kier molecular flexibility index (Phi) is 7.70. The van der Waals surface area contributed by atoms with Crippen LogP contribution in [0, 0.1) is 0 Å². The molecule has 30 heavy (non-hydrogen) atoms. The van der Waals surface area contributed by atoms with E-state index in [0.717, 1.165) is 10.0 Å². The highest BCUT2D eigenvalue weighted by Gasteiger charge is 2.14. The van der Waals surface area contributed by atoms with E-state index in [2.05, 4.69) is 21.2 Å². The van der Waals surface area contributed by atoms with Crippen LogP contribution in [0.4, 0.5) is 0 Å². The summed E-state index contributed by atoms with van der Waals surface area (Å²) in [5, 5.41) is 2.83. The Morgan fingerprint density at radius 1 is 1.03 bits per heavy atom. The molecule has 0 radical (unpaired) electrons. The van der Waals surface area contributed by atoms with Crippen molar-refractivity contribution < 1.29 is 22.9 Å². The summed E-state index contributed by atoms with van der Waals surface area (Å²) < 4.78 is 29.5. The van der Waals surface area contributed by atoms with Crippen LogP contribution in [-0.2, 0) is 23.0 Å². The van der Waals surface area contributed by atoms with Gasteiger partial charge in [0.15, 0.2) is 17.3 Å². The summed E-state index contributed by atoms with van der Waals surface area (Å²) in [5.74, 6) is 1.91. The maximum Gasteiger partial charge on any atom is 0.287 e. The van der Waals surface area contributed by atoms with Gasteiger partial charge in [-0.05, 0) is 60.5 Å². The van der Waals surface area contributed by atoms with Crippen LogP contribution < -0.4 is 14.8 Å². The summed E-state index contributed by atoms with van der Waals surface area (Å²) in [6.07, 6.45) is 0.632. The molecule has 0 saturated heterocycles. The van der Waals surface area contributed by atoms with Crippen LogP contribution in [-0.4, -0.2) is 30.9 Å². The predicted molar refractivity (Wildman–Crippen MR) is 119 cm³/mol. The van der Waals surface area contributed by atoms with Crippen molar-refractivity contribution in [1.82, 2.24) is 5.32 Å². The van der Waals surface area contributed by atoms with Gasteiger partial charge in [0.1, 0.15) is 5.76 Å². The standard InChI is InChI=1S/C22H22BrNO5S/c1-27-19-9-3-15(13-21(19)28-2)11-12-24-22(25)20-10-6-17(29-20)14-30(26)18-7-4-16(23)5-8-18/h3-10,13H,11-12,14H2,1-2H3,(H,24,25)/t30-/m1/s1. The minimum Gasteiger partial charge on any atom is -0.493 e. The van der Waals surface area contributed by atoms with Crippen LogP contribution in [0.2, 0.25) is 0 Å². The monoisotopic (exact) mass is 491 g/mol. The third-order valence-electron chi connectivity index (χ3n) is 4.38. The number of carbonyl (C=O) groups excluding carboxylic acids is 1. The summed E-state index contributed by atoms with van der Waals surface area (Å²) in [4.78, 5) is 13.0. The number of carbonyl (C=O) groups is 1. The van der Waals surface area contributed by atoms with Crippen molar-refractivity contribution >= 4 is 32.6 Å². The van der Waals surface area contributed by atoms with Crippen LogP contribution in [0.5, 0.6) is 11.5 Å². The zero-order valence-electron chi connectivity index (χ0n) is 16.6. The Morgan fingerprint density at radius 2 is 1.77 bits per heavy atom. The van der Waals surface area contributed by atoms with Crippen molar-refractivity contribution in [2.45, 2.75) is 17.1 Å².